The molecule has 0 saturated carbocycles. The first kappa shape index (κ1) is 16.1. The molecule has 1 fully saturated rings. The van der Waals surface area contributed by atoms with Crippen molar-refractivity contribution in [3.05, 3.63) is 52.9 Å². The van der Waals surface area contributed by atoms with Crippen LogP contribution in [-0.4, -0.2) is 32.6 Å². The van der Waals surface area contributed by atoms with Gasteiger partial charge in [0.2, 0.25) is 0 Å². The molecule has 2 N–H and O–H groups in total. The van der Waals surface area contributed by atoms with Crippen LogP contribution < -0.4 is 0 Å². The van der Waals surface area contributed by atoms with Crippen molar-refractivity contribution in [3.63, 3.8) is 0 Å². The van der Waals surface area contributed by atoms with Crippen molar-refractivity contribution in [2.45, 2.75) is 19.4 Å². The molecule has 128 valence electrons. The maximum atomic E-state index is 11.5. The van der Waals surface area contributed by atoms with Gasteiger partial charge in [0.05, 0.1) is 17.9 Å². The van der Waals surface area contributed by atoms with Gasteiger partial charge in [-0.1, -0.05) is 41.1 Å². The van der Waals surface area contributed by atoms with Crippen LogP contribution in [0.5, 0.6) is 0 Å². The van der Waals surface area contributed by atoms with E-state index in [1.807, 2.05) is 6.07 Å². The molecule has 2 aromatic carbocycles. The van der Waals surface area contributed by atoms with Crippen LogP contribution in [-0.2, 0) is 0 Å². The number of nitrogens with one attached hydrogen (secondary N) is 1. The summed E-state index contributed by atoms with van der Waals surface area (Å²) in [6, 6.07) is 12.2. The topological polar surface area (TPSA) is 69.2 Å². The molecule has 0 spiro atoms. The second-order valence-electron chi connectivity index (χ2n) is 6.68. The minimum atomic E-state index is -0.886. The summed E-state index contributed by atoms with van der Waals surface area (Å²) in [7, 11) is 0. The molecule has 25 heavy (non-hydrogen) atoms. The standard InChI is InChI=1S/C19H18BrN3O2/c1-11-6-17(23(10-11)19(24)25)18-21-9-16(22-18)14-3-2-13-8-15(20)5-4-12(13)7-14/h2-5,7-9,11,17H,6,10H2,1H3,(H,21,22)(H,24,25)/t11-,17-/m0/s1. The lowest BCUT2D eigenvalue weighted by molar-refractivity contribution is 0.138. The van der Waals surface area contributed by atoms with Gasteiger partial charge in [-0.15, -0.1) is 0 Å². The highest BCUT2D eigenvalue weighted by Gasteiger charge is 2.35. The Morgan fingerprint density at radius 2 is 2.04 bits per heavy atom. The first-order valence-electron chi connectivity index (χ1n) is 8.25. The molecular formula is C19H18BrN3O2. The van der Waals surface area contributed by atoms with Gasteiger partial charge >= 0.3 is 6.09 Å². The minimum Gasteiger partial charge on any atom is -0.465 e. The summed E-state index contributed by atoms with van der Waals surface area (Å²) in [4.78, 5) is 20.7. The highest BCUT2D eigenvalue weighted by molar-refractivity contribution is 9.10. The van der Waals surface area contributed by atoms with Gasteiger partial charge in [0.1, 0.15) is 5.82 Å². The van der Waals surface area contributed by atoms with Gasteiger partial charge in [-0.2, -0.15) is 0 Å². The zero-order chi connectivity index (χ0) is 17.6. The lowest BCUT2D eigenvalue weighted by Crippen LogP contribution is -2.29. The number of amides is 1. The van der Waals surface area contributed by atoms with E-state index < -0.39 is 6.09 Å². The quantitative estimate of drug-likeness (QED) is 0.632. The summed E-state index contributed by atoms with van der Waals surface area (Å²) in [5.74, 6) is 1.06. The predicted octanol–water partition coefficient (Wildman–Crippen LogP) is 5.05. The van der Waals surface area contributed by atoms with Crippen LogP contribution in [0.25, 0.3) is 22.0 Å². The molecule has 3 aromatic rings. The lowest BCUT2D eigenvalue weighted by atomic mass is 10.1. The molecule has 1 amide bonds. The number of rotatable bonds is 2. The van der Waals surface area contributed by atoms with Gasteiger partial charge < -0.3 is 10.1 Å². The van der Waals surface area contributed by atoms with E-state index in [1.165, 1.54) is 10.3 Å². The SMILES string of the molecule is C[C@H]1C[C@@H](c2ncc(-c3ccc4cc(Br)ccc4c3)[nH]2)N(C(=O)O)C1. The number of benzene rings is 2. The molecule has 1 aromatic heterocycles. The molecule has 5 nitrogen and oxygen atoms in total. The molecule has 4 rings (SSSR count). The van der Waals surface area contributed by atoms with E-state index in [9.17, 15) is 9.90 Å². The van der Waals surface area contributed by atoms with Crippen molar-refractivity contribution in [3.8, 4) is 11.3 Å². The predicted molar refractivity (Wildman–Crippen MR) is 100 cm³/mol. The molecule has 1 aliphatic heterocycles. The molecule has 0 unspecified atom stereocenters. The number of carbonyl (C=O) groups is 1. The third-order valence-corrected chi connectivity index (χ3v) is 5.27. The van der Waals surface area contributed by atoms with Gasteiger partial charge in [0, 0.05) is 16.6 Å². The van der Waals surface area contributed by atoms with Gasteiger partial charge in [-0.3, -0.25) is 4.90 Å². The maximum absolute atomic E-state index is 11.5. The highest BCUT2D eigenvalue weighted by Crippen LogP contribution is 2.35. The average Bonchev–Trinajstić information content (AvgIpc) is 3.21. The minimum absolute atomic E-state index is 0.197. The first-order chi connectivity index (χ1) is 12.0. The average molecular weight is 400 g/mol. The van der Waals surface area contributed by atoms with Gasteiger partial charge in [0.15, 0.2) is 0 Å². The van der Waals surface area contributed by atoms with E-state index in [1.54, 1.807) is 6.20 Å². The number of fused-ring (bicyclic) bond motifs is 1. The van der Waals surface area contributed by atoms with Crippen LogP contribution in [0.2, 0.25) is 0 Å². The summed E-state index contributed by atoms with van der Waals surface area (Å²) in [5, 5.41) is 11.7. The second kappa shape index (κ2) is 6.19. The number of hydrogen-bond donors (Lipinski definition) is 2. The van der Waals surface area contributed by atoms with Crippen LogP contribution in [0, 0.1) is 5.92 Å². The van der Waals surface area contributed by atoms with Crippen molar-refractivity contribution < 1.29 is 9.90 Å². The number of imidazole rings is 1. The lowest BCUT2D eigenvalue weighted by Gasteiger charge is -2.19. The zero-order valence-electron chi connectivity index (χ0n) is 13.7. The maximum Gasteiger partial charge on any atom is 0.407 e. The Morgan fingerprint density at radius 3 is 2.84 bits per heavy atom. The Kier molecular flexibility index (Phi) is 4.00. The third kappa shape index (κ3) is 3.02. The van der Waals surface area contributed by atoms with Crippen LogP contribution in [0.15, 0.2) is 47.1 Å². The van der Waals surface area contributed by atoms with Gasteiger partial charge in [-0.05, 0) is 41.3 Å². The van der Waals surface area contributed by atoms with Crippen LogP contribution in [0.4, 0.5) is 4.79 Å². The fourth-order valence-corrected chi connectivity index (χ4v) is 3.93. The van der Waals surface area contributed by atoms with Crippen molar-refractivity contribution in [2.75, 3.05) is 6.54 Å². The third-order valence-electron chi connectivity index (χ3n) is 4.78. The van der Waals surface area contributed by atoms with Crippen molar-refractivity contribution in [1.82, 2.24) is 14.9 Å². The number of aromatic amines is 1. The van der Waals surface area contributed by atoms with E-state index in [0.717, 1.165) is 33.4 Å². The molecule has 6 heteroatoms. The van der Waals surface area contributed by atoms with Crippen molar-refractivity contribution in [2.24, 2.45) is 5.92 Å². The number of halogens is 1. The number of H-pyrrole nitrogens is 1. The number of aromatic nitrogens is 2. The summed E-state index contributed by atoms with van der Waals surface area (Å²) in [5.41, 5.74) is 1.95. The highest BCUT2D eigenvalue weighted by atomic mass is 79.9. The Morgan fingerprint density at radius 1 is 1.28 bits per heavy atom. The molecule has 0 aliphatic carbocycles. The van der Waals surface area contributed by atoms with E-state index >= 15 is 0 Å². The Balaban J connectivity index is 1.67. The zero-order valence-corrected chi connectivity index (χ0v) is 15.3. The van der Waals surface area contributed by atoms with E-state index in [-0.39, 0.29) is 6.04 Å². The normalized spacial score (nSPS) is 20.3. The monoisotopic (exact) mass is 399 g/mol. The second-order valence-corrected chi connectivity index (χ2v) is 7.60. The molecule has 1 saturated heterocycles. The van der Waals surface area contributed by atoms with Crippen LogP contribution in [0.1, 0.15) is 25.2 Å². The fraction of sp³-hybridized carbons (Fsp3) is 0.263. The number of hydrogen-bond acceptors (Lipinski definition) is 2. The summed E-state index contributed by atoms with van der Waals surface area (Å²) < 4.78 is 1.06. The van der Waals surface area contributed by atoms with Crippen LogP contribution >= 0.6 is 15.9 Å². The first-order valence-corrected chi connectivity index (χ1v) is 9.05. The Hall–Kier alpha value is -2.34. The summed E-state index contributed by atoms with van der Waals surface area (Å²) >= 11 is 3.49. The summed E-state index contributed by atoms with van der Waals surface area (Å²) in [6.07, 6.45) is 1.70. The molecule has 0 bridgehead atoms. The number of likely N-dealkylation sites (tertiary alicyclic amines) is 1. The van der Waals surface area contributed by atoms with Crippen LogP contribution in [0.3, 0.4) is 0 Å². The summed E-state index contributed by atoms with van der Waals surface area (Å²) in [6.45, 7) is 2.63. The van der Waals surface area contributed by atoms with Crippen molar-refractivity contribution >= 4 is 32.8 Å². The molecule has 0 radical (unpaired) electrons. The van der Waals surface area contributed by atoms with E-state index in [0.29, 0.717) is 12.5 Å². The van der Waals surface area contributed by atoms with Crippen molar-refractivity contribution in [1.29, 1.82) is 0 Å². The van der Waals surface area contributed by atoms with Gasteiger partial charge in [0.25, 0.3) is 0 Å². The number of carboxylic acid groups (broad SMARTS) is 1. The Labute approximate surface area is 153 Å². The fourth-order valence-electron chi connectivity index (χ4n) is 3.55. The smallest absolute Gasteiger partial charge is 0.407 e. The molecule has 1 aliphatic rings. The van der Waals surface area contributed by atoms with Gasteiger partial charge in [-0.25, -0.2) is 9.78 Å². The van der Waals surface area contributed by atoms with E-state index in [4.69, 9.17) is 0 Å². The molecular weight excluding hydrogens is 382 g/mol. The Bertz CT molecular complexity index is 953. The molecule has 2 heterocycles. The van der Waals surface area contributed by atoms with E-state index in [2.05, 4.69) is 63.2 Å². The number of nitrogens with zero attached hydrogens (tertiary/aromatic N) is 2. The molecule has 2 atom stereocenters. The largest absolute Gasteiger partial charge is 0.465 e.